The van der Waals surface area contributed by atoms with Crippen molar-refractivity contribution >= 4 is 11.3 Å². The zero-order chi connectivity index (χ0) is 13.4. The third-order valence-electron chi connectivity index (χ3n) is 4.70. The number of nitrogens with one attached hydrogen (secondary N) is 2. The van der Waals surface area contributed by atoms with Gasteiger partial charge in [-0.2, -0.15) is 5.10 Å². The normalized spacial score (nSPS) is 28.9. The molecule has 2 aromatic heterocycles. The summed E-state index contributed by atoms with van der Waals surface area (Å²) in [6, 6.07) is 4.89. The van der Waals surface area contributed by atoms with Crippen molar-refractivity contribution < 1.29 is 0 Å². The predicted octanol–water partition coefficient (Wildman–Crippen LogP) is 2.32. The van der Waals surface area contributed by atoms with Gasteiger partial charge in [0, 0.05) is 24.7 Å². The fourth-order valence-electron chi connectivity index (χ4n) is 3.52. The molecular formula is C15H20N4S. The number of hydrogen-bond donors (Lipinski definition) is 2. The Hall–Kier alpha value is -1.17. The van der Waals surface area contributed by atoms with Gasteiger partial charge in [-0.15, -0.1) is 11.3 Å². The maximum Gasteiger partial charge on any atom is 0.0794 e. The second-order valence-electron chi connectivity index (χ2n) is 5.87. The summed E-state index contributed by atoms with van der Waals surface area (Å²) in [4.78, 5) is 3.86. The predicted molar refractivity (Wildman–Crippen MR) is 81.7 cm³/mol. The Morgan fingerprint density at radius 1 is 1.40 bits per heavy atom. The molecule has 0 amide bonds. The highest BCUT2D eigenvalue weighted by Gasteiger charge is 2.33. The van der Waals surface area contributed by atoms with Crippen LogP contribution in [-0.4, -0.2) is 40.8 Å². The molecule has 0 radical (unpaired) electrons. The number of H-pyrrole nitrogens is 1. The molecule has 106 valence electrons. The zero-order valence-corrected chi connectivity index (χ0v) is 12.3. The van der Waals surface area contributed by atoms with E-state index in [1.54, 1.807) is 11.3 Å². The van der Waals surface area contributed by atoms with Gasteiger partial charge in [0.2, 0.25) is 0 Å². The van der Waals surface area contributed by atoms with E-state index in [1.807, 2.05) is 6.20 Å². The second kappa shape index (κ2) is 5.31. The number of aromatic nitrogens is 2. The monoisotopic (exact) mass is 288 g/mol. The smallest absolute Gasteiger partial charge is 0.0794 e. The van der Waals surface area contributed by atoms with Crippen molar-refractivity contribution in [2.24, 2.45) is 5.92 Å². The van der Waals surface area contributed by atoms with E-state index < -0.39 is 0 Å². The number of rotatable bonds is 4. The summed E-state index contributed by atoms with van der Waals surface area (Å²) in [5.74, 6) is 0.872. The van der Waals surface area contributed by atoms with Gasteiger partial charge in [0.25, 0.3) is 0 Å². The third-order valence-corrected chi connectivity index (χ3v) is 5.58. The minimum absolute atomic E-state index is 0.656. The van der Waals surface area contributed by atoms with Gasteiger partial charge in [0.15, 0.2) is 0 Å². The van der Waals surface area contributed by atoms with E-state index >= 15 is 0 Å². The van der Waals surface area contributed by atoms with Crippen LogP contribution in [0.4, 0.5) is 0 Å². The molecule has 0 saturated carbocycles. The molecule has 2 N–H and O–H groups in total. The van der Waals surface area contributed by atoms with Crippen LogP contribution >= 0.6 is 11.3 Å². The van der Waals surface area contributed by atoms with Crippen molar-refractivity contribution in [3.05, 3.63) is 29.3 Å². The average molecular weight is 288 g/mol. The first-order valence-corrected chi connectivity index (χ1v) is 8.30. The molecule has 2 bridgehead atoms. The second-order valence-corrected chi connectivity index (χ2v) is 6.82. The van der Waals surface area contributed by atoms with E-state index in [0.29, 0.717) is 6.04 Å². The summed E-state index contributed by atoms with van der Waals surface area (Å²) in [6.45, 7) is 4.74. The van der Waals surface area contributed by atoms with Crippen molar-refractivity contribution in [2.45, 2.75) is 25.4 Å². The molecule has 0 aromatic carbocycles. The van der Waals surface area contributed by atoms with Crippen molar-refractivity contribution in [2.75, 3.05) is 19.6 Å². The summed E-state index contributed by atoms with van der Waals surface area (Å²) in [6.07, 6.45) is 4.69. The molecule has 5 rings (SSSR count). The fraction of sp³-hybridized carbons (Fsp3) is 0.533. The molecular weight excluding hydrogens is 268 g/mol. The zero-order valence-electron chi connectivity index (χ0n) is 11.5. The molecule has 0 aliphatic carbocycles. The first-order valence-electron chi connectivity index (χ1n) is 7.42. The standard InChI is InChI=1S/C15H20N4S/c1-2-14(20-7-1)15-12(9-17-18-15)8-16-13-10-19-5-3-11(13)4-6-19/h1-2,7,9,11,13,16H,3-6,8,10H2,(H,17,18). The molecule has 3 saturated heterocycles. The lowest BCUT2D eigenvalue weighted by Crippen LogP contribution is -2.55. The van der Waals surface area contributed by atoms with Gasteiger partial charge in [-0.25, -0.2) is 0 Å². The van der Waals surface area contributed by atoms with Crippen molar-refractivity contribution in [3.63, 3.8) is 0 Å². The fourth-order valence-corrected chi connectivity index (χ4v) is 4.27. The molecule has 1 atom stereocenters. The van der Waals surface area contributed by atoms with Crippen LogP contribution in [0, 0.1) is 5.92 Å². The highest BCUT2D eigenvalue weighted by atomic mass is 32.1. The highest BCUT2D eigenvalue weighted by Crippen LogP contribution is 2.29. The van der Waals surface area contributed by atoms with Crippen LogP contribution in [0.2, 0.25) is 0 Å². The van der Waals surface area contributed by atoms with Gasteiger partial charge in [-0.05, 0) is 43.3 Å². The van der Waals surface area contributed by atoms with Gasteiger partial charge in [0.1, 0.15) is 0 Å². The largest absolute Gasteiger partial charge is 0.308 e. The maximum absolute atomic E-state index is 4.22. The maximum atomic E-state index is 4.22. The quantitative estimate of drug-likeness (QED) is 0.907. The first kappa shape index (κ1) is 12.6. The lowest BCUT2D eigenvalue weighted by Gasteiger charge is -2.45. The third kappa shape index (κ3) is 2.30. The number of thiophene rings is 1. The van der Waals surface area contributed by atoms with E-state index in [0.717, 1.165) is 12.5 Å². The van der Waals surface area contributed by atoms with Gasteiger partial charge >= 0.3 is 0 Å². The van der Waals surface area contributed by atoms with Crippen LogP contribution in [-0.2, 0) is 6.54 Å². The average Bonchev–Trinajstić information content (AvgIpc) is 3.17. The van der Waals surface area contributed by atoms with E-state index in [-0.39, 0.29) is 0 Å². The number of piperidine rings is 3. The molecule has 3 aliphatic heterocycles. The van der Waals surface area contributed by atoms with E-state index in [1.165, 1.54) is 48.6 Å². The van der Waals surface area contributed by atoms with Crippen molar-refractivity contribution in [1.29, 1.82) is 0 Å². The highest BCUT2D eigenvalue weighted by molar-refractivity contribution is 7.13. The Bertz CT molecular complexity index is 554. The Morgan fingerprint density at radius 2 is 2.30 bits per heavy atom. The van der Waals surface area contributed by atoms with Gasteiger partial charge in [-0.1, -0.05) is 6.07 Å². The Morgan fingerprint density at radius 3 is 3.00 bits per heavy atom. The SMILES string of the molecule is c1csc(-c2[nH]ncc2CNC2CN3CCC2CC3)c1. The molecule has 5 heteroatoms. The van der Waals surface area contributed by atoms with Crippen LogP contribution < -0.4 is 5.32 Å². The van der Waals surface area contributed by atoms with Crippen LogP contribution in [0.25, 0.3) is 10.6 Å². The van der Waals surface area contributed by atoms with Crippen LogP contribution in [0.3, 0.4) is 0 Å². The van der Waals surface area contributed by atoms with Gasteiger partial charge < -0.3 is 10.2 Å². The molecule has 3 fully saturated rings. The van der Waals surface area contributed by atoms with Gasteiger partial charge in [0.05, 0.1) is 16.8 Å². The molecule has 0 spiro atoms. The summed E-state index contributed by atoms with van der Waals surface area (Å²) >= 11 is 1.76. The molecule has 1 unspecified atom stereocenters. The van der Waals surface area contributed by atoms with Crippen LogP contribution in [0.1, 0.15) is 18.4 Å². The molecule has 5 heterocycles. The number of fused-ring (bicyclic) bond motifs is 3. The van der Waals surface area contributed by atoms with Crippen molar-refractivity contribution in [1.82, 2.24) is 20.4 Å². The minimum Gasteiger partial charge on any atom is -0.308 e. The lowest BCUT2D eigenvalue weighted by molar-refractivity contribution is 0.0720. The summed E-state index contributed by atoms with van der Waals surface area (Å²) in [5, 5.41) is 13.2. The van der Waals surface area contributed by atoms with Crippen molar-refractivity contribution in [3.8, 4) is 10.6 Å². The van der Waals surface area contributed by atoms with Crippen LogP contribution in [0.5, 0.6) is 0 Å². The van der Waals surface area contributed by atoms with E-state index in [2.05, 4.69) is 37.9 Å². The topological polar surface area (TPSA) is 44.0 Å². The summed E-state index contributed by atoms with van der Waals surface area (Å²) in [5.41, 5.74) is 2.46. The lowest BCUT2D eigenvalue weighted by atomic mass is 9.84. The summed E-state index contributed by atoms with van der Waals surface area (Å²) in [7, 11) is 0. The number of aromatic amines is 1. The Labute approximate surface area is 123 Å². The molecule has 2 aromatic rings. The van der Waals surface area contributed by atoms with Gasteiger partial charge in [-0.3, -0.25) is 5.10 Å². The summed E-state index contributed by atoms with van der Waals surface area (Å²) < 4.78 is 0. The number of hydrogen-bond acceptors (Lipinski definition) is 4. The Kier molecular flexibility index (Phi) is 3.34. The van der Waals surface area contributed by atoms with Crippen LogP contribution in [0.15, 0.2) is 23.7 Å². The number of nitrogens with zero attached hydrogens (tertiary/aromatic N) is 2. The molecule has 4 nitrogen and oxygen atoms in total. The minimum atomic E-state index is 0.656. The Balaban J connectivity index is 1.44. The van der Waals surface area contributed by atoms with E-state index in [4.69, 9.17) is 0 Å². The molecule has 20 heavy (non-hydrogen) atoms. The molecule has 3 aliphatic rings. The van der Waals surface area contributed by atoms with E-state index in [9.17, 15) is 0 Å². The first-order chi connectivity index (χ1) is 9.90.